The van der Waals surface area contributed by atoms with Crippen molar-refractivity contribution in [2.24, 2.45) is 33.2 Å². The van der Waals surface area contributed by atoms with Gasteiger partial charge in [0.25, 0.3) is 5.91 Å². The molecule has 4 heterocycles. The molecule has 7 rings (SSSR count). The molecule has 1 aromatic carbocycles. The van der Waals surface area contributed by atoms with E-state index in [2.05, 4.69) is 67.8 Å². The number of carbonyl (C=O) groups excluding carboxylic acids is 3. The van der Waals surface area contributed by atoms with E-state index in [0.717, 1.165) is 62.6 Å². The lowest BCUT2D eigenvalue weighted by Crippen LogP contribution is -2.60. The van der Waals surface area contributed by atoms with E-state index in [4.69, 9.17) is 19.5 Å². The van der Waals surface area contributed by atoms with Gasteiger partial charge in [-0.05, 0) is 81.0 Å². The van der Waals surface area contributed by atoms with Crippen LogP contribution >= 0.6 is 11.8 Å². The predicted octanol–water partition coefficient (Wildman–Crippen LogP) is 6.58. The quantitative estimate of drug-likeness (QED) is 0.177. The smallest absolute Gasteiger partial charge is 0.324 e. The number of ether oxygens (including phenoxy) is 2. The summed E-state index contributed by atoms with van der Waals surface area (Å²) in [4.78, 5) is 51.3. The maximum absolute atomic E-state index is 14.1. The summed E-state index contributed by atoms with van der Waals surface area (Å²) < 4.78 is 14.4. The van der Waals surface area contributed by atoms with Crippen LogP contribution in [0.2, 0.25) is 0 Å². The number of rotatable bonds is 8. The third-order valence-electron chi connectivity index (χ3n) is 12.0. The van der Waals surface area contributed by atoms with Gasteiger partial charge in [-0.15, -0.1) is 11.8 Å². The molecule has 2 aromatic rings. The highest BCUT2D eigenvalue weighted by Gasteiger charge is 2.49. The standard InChI is InChI=1S/C42H56N6O5S/c1-9-28(37(43-10-2)25(5)52-8)38-30-20-42(6,7)22-53-41(51)31-12-11-17-47(46-31)40(50)32(45-39(49)36-23(3)24(36)4)19-35-44-33(21-54-35)26-13-16-34(29(30)18-26)48(38)27-14-15-27/h9-10,13,16,18,23-25,27,31-33,36,46H,1,11-12,14-15,17,19-22H2,2-8H3,(H,45,49)/b37-28+,43-10-/t23-,24+,25-,31-,32-,33?,36+/m0/s1. The summed E-state index contributed by atoms with van der Waals surface area (Å²) in [7, 11) is 1.70. The van der Waals surface area contributed by atoms with Gasteiger partial charge >= 0.3 is 5.97 Å². The third kappa shape index (κ3) is 7.58. The van der Waals surface area contributed by atoms with E-state index in [1.165, 1.54) is 5.01 Å². The van der Waals surface area contributed by atoms with Crippen molar-refractivity contribution in [2.75, 3.05) is 26.0 Å². The minimum absolute atomic E-state index is 0.0968. The lowest BCUT2D eigenvalue weighted by molar-refractivity contribution is -0.155. The molecule has 7 atom stereocenters. The highest BCUT2D eigenvalue weighted by atomic mass is 32.2. The average molecular weight is 757 g/mol. The zero-order valence-corrected chi connectivity index (χ0v) is 33.6. The second-order valence-corrected chi connectivity index (χ2v) is 17.7. The van der Waals surface area contributed by atoms with E-state index < -0.39 is 17.5 Å². The number of aliphatic imine (C=N–C) groups is 2. The van der Waals surface area contributed by atoms with Crippen LogP contribution in [0.3, 0.4) is 0 Å². The van der Waals surface area contributed by atoms with Gasteiger partial charge in [0.1, 0.15) is 12.1 Å². The van der Waals surface area contributed by atoms with Gasteiger partial charge in [-0.1, -0.05) is 46.4 Å². The van der Waals surface area contributed by atoms with Gasteiger partial charge in [-0.3, -0.25) is 29.4 Å². The van der Waals surface area contributed by atoms with E-state index in [0.29, 0.717) is 38.3 Å². The Bertz CT molecular complexity index is 1920. The zero-order chi connectivity index (χ0) is 38.5. The Labute approximate surface area is 323 Å². The van der Waals surface area contributed by atoms with Crippen LogP contribution < -0.4 is 10.7 Å². The van der Waals surface area contributed by atoms with E-state index in [-0.39, 0.29) is 54.3 Å². The molecule has 2 N–H and O–H groups in total. The van der Waals surface area contributed by atoms with Crippen molar-refractivity contribution >= 4 is 57.3 Å². The maximum Gasteiger partial charge on any atom is 0.324 e. The fourth-order valence-electron chi connectivity index (χ4n) is 8.44. The molecule has 0 radical (unpaired) electrons. The molecule has 0 spiro atoms. The number of methoxy groups -OCH3 is 1. The molecule has 12 heteroatoms. The van der Waals surface area contributed by atoms with Crippen LogP contribution in [0, 0.1) is 23.2 Å². The number of aromatic nitrogens is 1. The predicted molar refractivity (Wildman–Crippen MR) is 215 cm³/mol. The summed E-state index contributed by atoms with van der Waals surface area (Å²) in [5.41, 5.74) is 8.98. The molecular weight excluding hydrogens is 701 g/mol. The van der Waals surface area contributed by atoms with Gasteiger partial charge in [0, 0.05) is 65.9 Å². The first-order valence-electron chi connectivity index (χ1n) is 19.6. The Balaban J connectivity index is 1.36. The van der Waals surface area contributed by atoms with Crippen LogP contribution in [0.15, 0.2) is 46.5 Å². The summed E-state index contributed by atoms with van der Waals surface area (Å²) in [6.45, 7) is 17.3. The summed E-state index contributed by atoms with van der Waals surface area (Å²) in [6.07, 6.45) is 7.74. The number of esters is 1. The highest BCUT2D eigenvalue weighted by Crippen LogP contribution is 2.48. The fourth-order valence-corrected chi connectivity index (χ4v) is 9.55. The molecule has 11 nitrogen and oxygen atoms in total. The van der Waals surface area contributed by atoms with Gasteiger partial charge in [-0.25, -0.2) is 5.43 Å². The van der Waals surface area contributed by atoms with Crippen molar-refractivity contribution in [2.45, 2.75) is 110 Å². The summed E-state index contributed by atoms with van der Waals surface area (Å²) in [5.74, 6) is 0.460. The molecule has 1 saturated heterocycles. The summed E-state index contributed by atoms with van der Waals surface area (Å²) in [6, 6.07) is 5.49. The maximum atomic E-state index is 14.1. The molecule has 2 amide bonds. The molecule has 290 valence electrons. The number of allylic oxidation sites excluding steroid dienone is 2. The SMILES string of the molecule is C=C/C(=C(\N=C/C)[C@H](C)OC)c1c2c3cc(ccc3n1C1CC1)C1CSC(=N1)C[C@H](NC(=O)[C@H]1[C@H](C)[C@@H]1C)C(=O)N1CCC[C@H](N1)C(=O)OCC(C)(C)C2. The average Bonchev–Trinajstić information content (AvgIpc) is 4.02. The normalized spacial score (nSPS) is 29.7. The lowest BCUT2D eigenvalue weighted by Gasteiger charge is -2.35. The molecule has 3 aliphatic heterocycles. The topological polar surface area (TPSA) is 127 Å². The van der Waals surface area contributed by atoms with Gasteiger partial charge in [-0.2, -0.15) is 0 Å². The number of cyclic esters (lactones) is 1. The monoisotopic (exact) mass is 756 g/mol. The van der Waals surface area contributed by atoms with Gasteiger partial charge in [0.2, 0.25) is 5.91 Å². The van der Waals surface area contributed by atoms with Crippen LogP contribution in [0.25, 0.3) is 16.5 Å². The number of thioether (sulfide) groups is 1. The summed E-state index contributed by atoms with van der Waals surface area (Å²) >= 11 is 1.65. The number of amides is 2. The Hall–Kier alpha value is -3.74. The number of hydrazine groups is 1. The van der Waals surface area contributed by atoms with Gasteiger partial charge < -0.3 is 19.4 Å². The molecule has 1 unspecified atom stereocenters. The van der Waals surface area contributed by atoms with Crippen molar-refractivity contribution in [3.05, 3.63) is 53.4 Å². The molecule has 1 aromatic heterocycles. The Morgan fingerprint density at radius 1 is 1.22 bits per heavy atom. The number of fused-ring (bicyclic) bond motifs is 5. The molecule has 54 heavy (non-hydrogen) atoms. The van der Waals surface area contributed by atoms with Crippen molar-refractivity contribution in [1.29, 1.82) is 0 Å². The van der Waals surface area contributed by atoms with Crippen LogP contribution in [-0.4, -0.2) is 82.8 Å². The highest BCUT2D eigenvalue weighted by molar-refractivity contribution is 8.14. The largest absolute Gasteiger partial charge is 0.464 e. The number of hydrogen-bond donors (Lipinski definition) is 2. The number of carbonyl (C=O) groups is 3. The molecule has 2 saturated carbocycles. The second-order valence-electron chi connectivity index (χ2n) is 16.6. The molecule has 3 fully saturated rings. The van der Waals surface area contributed by atoms with E-state index in [1.807, 2.05) is 19.9 Å². The van der Waals surface area contributed by atoms with E-state index in [9.17, 15) is 14.4 Å². The fraction of sp³-hybridized carbons (Fsp3) is 0.595. The number of benzene rings is 1. The third-order valence-corrected chi connectivity index (χ3v) is 13.1. The van der Waals surface area contributed by atoms with Crippen molar-refractivity contribution in [3.8, 4) is 0 Å². The van der Waals surface area contributed by atoms with Crippen LogP contribution in [0.5, 0.6) is 0 Å². The second kappa shape index (κ2) is 15.4. The molecular formula is C42H56N6O5S. The minimum Gasteiger partial charge on any atom is -0.464 e. The molecule has 6 bridgehead atoms. The van der Waals surface area contributed by atoms with Crippen molar-refractivity contribution < 1.29 is 23.9 Å². The zero-order valence-electron chi connectivity index (χ0n) is 32.8. The Morgan fingerprint density at radius 2 is 1.98 bits per heavy atom. The lowest BCUT2D eigenvalue weighted by atomic mass is 9.84. The van der Waals surface area contributed by atoms with Crippen molar-refractivity contribution in [1.82, 2.24) is 20.3 Å². The number of nitrogens with one attached hydrogen (secondary N) is 2. The van der Waals surface area contributed by atoms with Gasteiger partial charge in [0.05, 0.1) is 35.2 Å². The first-order chi connectivity index (χ1) is 25.8. The van der Waals surface area contributed by atoms with E-state index >= 15 is 0 Å². The molecule has 5 aliphatic rings. The summed E-state index contributed by atoms with van der Waals surface area (Å²) in [5, 5.41) is 6.60. The van der Waals surface area contributed by atoms with Gasteiger partial charge in [0.15, 0.2) is 0 Å². The minimum atomic E-state index is -0.801. The first kappa shape index (κ1) is 38.5. The Kier molecular flexibility index (Phi) is 11.0. The van der Waals surface area contributed by atoms with Crippen LogP contribution in [0.1, 0.15) is 103 Å². The van der Waals surface area contributed by atoms with Crippen molar-refractivity contribution in [3.63, 3.8) is 0 Å². The van der Waals surface area contributed by atoms with Crippen LogP contribution in [0.4, 0.5) is 0 Å². The van der Waals surface area contributed by atoms with Crippen LogP contribution in [-0.2, 0) is 30.3 Å². The Morgan fingerprint density at radius 3 is 2.65 bits per heavy atom. The number of hydrogen-bond acceptors (Lipinski definition) is 9. The first-order valence-corrected chi connectivity index (χ1v) is 20.6. The molecule has 2 aliphatic carbocycles. The number of nitrogens with zero attached hydrogens (tertiary/aromatic N) is 4. The van der Waals surface area contributed by atoms with E-state index in [1.54, 1.807) is 25.1 Å².